The summed E-state index contributed by atoms with van der Waals surface area (Å²) < 4.78 is 0. The lowest BCUT2D eigenvalue weighted by Gasteiger charge is -2.32. The van der Waals surface area contributed by atoms with Crippen LogP contribution in [-0.2, 0) is 16.0 Å². The van der Waals surface area contributed by atoms with Crippen LogP contribution in [0.15, 0.2) is 60.9 Å². The van der Waals surface area contributed by atoms with Crippen molar-refractivity contribution < 1.29 is 9.59 Å². The Balaban J connectivity index is 1.44. The number of rotatable bonds is 5. The molecule has 1 aromatic heterocycles. The van der Waals surface area contributed by atoms with Crippen molar-refractivity contribution in [3.05, 3.63) is 88.1 Å². The highest BCUT2D eigenvalue weighted by molar-refractivity contribution is 7.15. The van der Waals surface area contributed by atoms with Gasteiger partial charge in [-0.05, 0) is 29.7 Å². The number of aromatic nitrogens is 1. The van der Waals surface area contributed by atoms with Crippen LogP contribution in [0.2, 0.25) is 0 Å². The van der Waals surface area contributed by atoms with Crippen molar-refractivity contribution in [2.24, 2.45) is 0 Å². The van der Waals surface area contributed by atoms with Crippen LogP contribution in [-0.4, -0.2) is 21.7 Å². The lowest BCUT2D eigenvalue weighted by atomic mass is 9.93. The largest absolute Gasteiger partial charge is 0.311 e. The Morgan fingerprint density at radius 3 is 2.67 bits per heavy atom. The summed E-state index contributed by atoms with van der Waals surface area (Å²) in [5.74, 6) is -0.249. The van der Waals surface area contributed by atoms with Gasteiger partial charge in [-0.25, -0.2) is 4.98 Å². The predicted octanol–water partition coefficient (Wildman–Crippen LogP) is 4.95. The molecule has 2 amide bonds. The van der Waals surface area contributed by atoms with Crippen molar-refractivity contribution in [2.75, 3.05) is 5.32 Å². The average Bonchev–Trinajstić information content (AvgIpc) is 3.16. The second kappa shape index (κ2) is 8.63. The highest BCUT2D eigenvalue weighted by Gasteiger charge is 2.28. The van der Waals surface area contributed by atoms with Gasteiger partial charge in [0.05, 0.1) is 12.5 Å². The number of carbonyl (C=O) groups excluding carboxylic acids is 2. The van der Waals surface area contributed by atoms with Crippen molar-refractivity contribution in [1.29, 1.82) is 0 Å². The first-order valence-electron chi connectivity index (χ1n) is 9.86. The molecule has 2 aromatic carbocycles. The summed E-state index contributed by atoms with van der Waals surface area (Å²) in [5.41, 5.74) is 4.45. The highest BCUT2D eigenvalue weighted by Crippen LogP contribution is 2.33. The molecule has 0 saturated carbocycles. The molecule has 4 rings (SSSR count). The molecule has 0 bridgehead atoms. The highest BCUT2D eigenvalue weighted by atomic mass is 32.1. The molecule has 0 radical (unpaired) electrons. The van der Waals surface area contributed by atoms with Crippen LogP contribution >= 0.6 is 11.3 Å². The predicted molar refractivity (Wildman–Crippen MR) is 120 cm³/mol. The normalized spacial score (nSPS) is 15.0. The van der Waals surface area contributed by atoms with Gasteiger partial charge in [-0.2, -0.15) is 0 Å². The molecule has 0 spiro atoms. The zero-order valence-corrected chi connectivity index (χ0v) is 17.8. The molecule has 3 aromatic rings. The van der Waals surface area contributed by atoms with E-state index in [9.17, 15) is 9.59 Å². The maximum absolute atomic E-state index is 12.8. The molecule has 0 fully saturated rings. The van der Waals surface area contributed by atoms with Crippen LogP contribution in [0.25, 0.3) is 6.08 Å². The van der Waals surface area contributed by atoms with Crippen LogP contribution in [0.5, 0.6) is 0 Å². The van der Waals surface area contributed by atoms with Gasteiger partial charge in [0.15, 0.2) is 5.13 Å². The molecule has 5 nitrogen and oxygen atoms in total. The fourth-order valence-corrected chi connectivity index (χ4v) is 4.48. The van der Waals surface area contributed by atoms with Gasteiger partial charge in [0.2, 0.25) is 11.8 Å². The minimum Gasteiger partial charge on any atom is -0.311 e. The van der Waals surface area contributed by atoms with E-state index in [0.717, 1.165) is 22.4 Å². The Morgan fingerprint density at radius 2 is 1.90 bits per heavy atom. The summed E-state index contributed by atoms with van der Waals surface area (Å²) in [6.45, 7) is 3.58. The van der Waals surface area contributed by atoms with Gasteiger partial charge in [-0.1, -0.05) is 54.1 Å². The van der Waals surface area contributed by atoms with Gasteiger partial charge in [-0.15, -0.1) is 11.3 Å². The number of hydrogen-bond acceptors (Lipinski definition) is 4. The number of thiazole rings is 1. The second-order valence-electron chi connectivity index (χ2n) is 7.43. The lowest BCUT2D eigenvalue weighted by molar-refractivity contribution is -0.129. The van der Waals surface area contributed by atoms with Crippen molar-refractivity contribution in [1.82, 2.24) is 9.88 Å². The van der Waals surface area contributed by atoms with Crippen molar-refractivity contribution in [3.8, 4) is 0 Å². The van der Waals surface area contributed by atoms with E-state index >= 15 is 0 Å². The van der Waals surface area contributed by atoms with Gasteiger partial charge in [0.1, 0.15) is 0 Å². The zero-order valence-electron chi connectivity index (χ0n) is 17.0. The Hall–Kier alpha value is -3.25. The first kappa shape index (κ1) is 20.0. The van der Waals surface area contributed by atoms with Gasteiger partial charge >= 0.3 is 0 Å². The molecule has 1 aliphatic heterocycles. The summed E-state index contributed by atoms with van der Waals surface area (Å²) in [6, 6.07) is 15.9. The summed E-state index contributed by atoms with van der Waals surface area (Å²) >= 11 is 1.48. The fourth-order valence-electron chi connectivity index (χ4n) is 3.61. The van der Waals surface area contributed by atoms with Crippen LogP contribution in [0.3, 0.4) is 0 Å². The molecule has 2 heterocycles. The Labute approximate surface area is 180 Å². The summed E-state index contributed by atoms with van der Waals surface area (Å²) in [4.78, 5) is 31.9. The van der Waals surface area contributed by atoms with E-state index in [1.165, 1.54) is 29.4 Å². The van der Waals surface area contributed by atoms with E-state index in [0.29, 0.717) is 5.13 Å². The molecule has 152 valence electrons. The quantitative estimate of drug-likeness (QED) is 0.639. The van der Waals surface area contributed by atoms with Gasteiger partial charge < -0.3 is 10.2 Å². The van der Waals surface area contributed by atoms with Crippen molar-refractivity contribution >= 4 is 34.4 Å². The monoisotopic (exact) mass is 417 g/mol. The third-order valence-electron chi connectivity index (χ3n) is 5.15. The topological polar surface area (TPSA) is 62.3 Å². The number of hydrogen-bond donors (Lipinski definition) is 1. The van der Waals surface area contributed by atoms with E-state index < -0.39 is 0 Å². The van der Waals surface area contributed by atoms with Gasteiger partial charge in [-0.3, -0.25) is 9.59 Å². The van der Waals surface area contributed by atoms with Gasteiger partial charge in [0.25, 0.3) is 0 Å². The number of benzene rings is 2. The summed E-state index contributed by atoms with van der Waals surface area (Å²) in [7, 11) is 0. The van der Waals surface area contributed by atoms with Crippen molar-refractivity contribution in [2.45, 2.75) is 32.7 Å². The minimum atomic E-state index is -0.323. The second-order valence-corrected chi connectivity index (χ2v) is 8.55. The molecule has 0 saturated heterocycles. The van der Waals surface area contributed by atoms with E-state index in [2.05, 4.69) is 41.5 Å². The number of aryl methyl sites for hydroxylation is 1. The summed E-state index contributed by atoms with van der Waals surface area (Å²) in [5, 5.41) is 3.48. The van der Waals surface area contributed by atoms with E-state index in [-0.39, 0.29) is 24.3 Å². The van der Waals surface area contributed by atoms with Crippen LogP contribution in [0.1, 0.15) is 46.5 Å². The lowest BCUT2D eigenvalue weighted by Crippen LogP contribution is -2.33. The molecule has 1 aliphatic rings. The number of amides is 2. The zero-order chi connectivity index (χ0) is 21.1. The Morgan fingerprint density at radius 1 is 1.13 bits per heavy atom. The maximum atomic E-state index is 12.8. The van der Waals surface area contributed by atoms with Crippen LogP contribution in [0, 0.1) is 6.92 Å². The van der Waals surface area contributed by atoms with E-state index in [1.807, 2.05) is 30.3 Å². The summed E-state index contributed by atoms with van der Waals surface area (Å²) in [6.07, 6.45) is 6.43. The minimum absolute atomic E-state index is 0.0896. The van der Waals surface area contributed by atoms with Crippen LogP contribution in [0.4, 0.5) is 5.13 Å². The standard InChI is InChI=1S/C24H23N3O2S/c1-16-7-9-18(10-8-16)13-20-15-25-24(30-20)26-23(29)14-22-21-6-4-3-5-19(21)11-12-27(22)17(2)28/h3-12,15,22H,13-14H2,1-2H3,(H,25,26,29). The van der Waals surface area contributed by atoms with E-state index in [4.69, 9.17) is 0 Å². The third kappa shape index (κ3) is 4.49. The maximum Gasteiger partial charge on any atom is 0.228 e. The van der Waals surface area contributed by atoms with Crippen molar-refractivity contribution in [3.63, 3.8) is 0 Å². The number of fused-ring (bicyclic) bond motifs is 1. The first-order valence-corrected chi connectivity index (χ1v) is 10.7. The number of carbonyl (C=O) groups is 2. The first-order chi connectivity index (χ1) is 14.5. The molecule has 1 atom stereocenters. The van der Waals surface area contributed by atoms with E-state index in [1.54, 1.807) is 17.3 Å². The fraction of sp³-hybridized carbons (Fsp3) is 0.208. The Bertz CT molecular complexity index is 1100. The van der Waals surface area contributed by atoms with Gasteiger partial charge in [0, 0.05) is 30.6 Å². The number of nitrogens with one attached hydrogen (secondary N) is 1. The average molecular weight is 418 g/mol. The number of anilines is 1. The smallest absolute Gasteiger partial charge is 0.228 e. The molecule has 6 heteroatoms. The SMILES string of the molecule is CC(=O)N1C=Cc2ccccc2C1CC(=O)Nc1ncc(Cc2ccc(C)cc2)s1. The molecular weight excluding hydrogens is 394 g/mol. The van der Waals surface area contributed by atoms with Crippen LogP contribution < -0.4 is 5.32 Å². The molecule has 1 unspecified atom stereocenters. The molecule has 1 N–H and O–H groups in total. The number of nitrogens with zero attached hydrogens (tertiary/aromatic N) is 2. The molecular formula is C24H23N3O2S. The third-order valence-corrected chi connectivity index (χ3v) is 6.06. The molecule has 30 heavy (non-hydrogen) atoms. The Kier molecular flexibility index (Phi) is 5.77. The molecule has 0 aliphatic carbocycles.